The van der Waals surface area contributed by atoms with Gasteiger partial charge in [0.25, 0.3) is 5.69 Å². The molecule has 0 bridgehead atoms. The van der Waals surface area contributed by atoms with Crippen LogP contribution in [0.25, 0.3) is 0 Å². The maximum absolute atomic E-state index is 10.6. The zero-order valence-electron chi connectivity index (χ0n) is 7.45. The van der Waals surface area contributed by atoms with Crippen LogP contribution < -0.4 is 0 Å². The quantitative estimate of drug-likeness (QED) is 0.557. The highest BCUT2D eigenvalue weighted by molar-refractivity contribution is 6.31. The van der Waals surface area contributed by atoms with Crippen LogP contribution in [0.15, 0.2) is 12.1 Å². The van der Waals surface area contributed by atoms with Gasteiger partial charge in [-0.05, 0) is 12.5 Å². The Balaban J connectivity index is 3.50. The Morgan fingerprint density at radius 1 is 1.64 bits per heavy atom. The molecule has 0 atom stereocenters. The minimum atomic E-state index is -0.504. The van der Waals surface area contributed by atoms with Crippen LogP contribution in [0, 0.1) is 21.4 Å². The van der Waals surface area contributed by atoms with Crippen molar-refractivity contribution >= 4 is 17.3 Å². The van der Waals surface area contributed by atoms with Gasteiger partial charge in [-0.1, -0.05) is 18.5 Å². The summed E-state index contributed by atoms with van der Waals surface area (Å²) in [4.78, 5) is 10.1. The molecule has 1 aromatic rings. The van der Waals surface area contributed by atoms with Crippen LogP contribution in [0.5, 0.6) is 0 Å². The second kappa shape index (κ2) is 4.07. The van der Waals surface area contributed by atoms with Crippen LogP contribution in [0.3, 0.4) is 0 Å². The molecule has 5 heteroatoms. The third-order valence-electron chi connectivity index (χ3n) is 1.90. The van der Waals surface area contributed by atoms with Gasteiger partial charge in [0.1, 0.15) is 6.07 Å². The molecule has 0 aliphatic carbocycles. The standard InChI is InChI=1S/C9H7ClN2O2/c1-2-6-7(5-11)8(10)3-4-9(6)12(13)14/h3-4H,2H2,1H3. The van der Waals surface area contributed by atoms with Gasteiger partial charge in [-0.2, -0.15) is 5.26 Å². The van der Waals surface area contributed by atoms with Crippen molar-refractivity contribution in [3.63, 3.8) is 0 Å². The third-order valence-corrected chi connectivity index (χ3v) is 2.21. The largest absolute Gasteiger partial charge is 0.274 e. The lowest BCUT2D eigenvalue weighted by Gasteiger charge is -2.03. The molecule has 1 rings (SSSR count). The lowest BCUT2D eigenvalue weighted by atomic mass is 10.0. The second-order valence-corrected chi connectivity index (χ2v) is 3.05. The summed E-state index contributed by atoms with van der Waals surface area (Å²) in [5, 5.41) is 19.7. The summed E-state index contributed by atoms with van der Waals surface area (Å²) in [7, 11) is 0. The van der Waals surface area contributed by atoms with E-state index in [0.717, 1.165) is 0 Å². The summed E-state index contributed by atoms with van der Waals surface area (Å²) in [5.41, 5.74) is 0.543. The van der Waals surface area contributed by atoms with Gasteiger partial charge in [0, 0.05) is 11.6 Å². The minimum absolute atomic E-state index is 0.0477. The Hall–Kier alpha value is -1.60. The van der Waals surface area contributed by atoms with E-state index in [2.05, 4.69) is 0 Å². The van der Waals surface area contributed by atoms with Crippen molar-refractivity contribution in [1.82, 2.24) is 0 Å². The Kier molecular flexibility index (Phi) is 3.05. The molecule has 0 aromatic heterocycles. The number of hydrogen-bond donors (Lipinski definition) is 0. The summed E-state index contributed by atoms with van der Waals surface area (Å²) in [6, 6.07) is 4.57. The van der Waals surface area contributed by atoms with Crippen molar-refractivity contribution < 1.29 is 4.92 Å². The van der Waals surface area contributed by atoms with E-state index in [1.165, 1.54) is 12.1 Å². The molecule has 14 heavy (non-hydrogen) atoms. The number of rotatable bonds is 2. The average Bonchev–Trinajstić information content (AvgIpc) is 2.16. The first-order valence-electron chi connectivity index (χ1n) is 3.97. The van der Waals surface area contributed by atoms with Crippen molar-refractivity contribution in [3.05, 3.63) is 38.4 Å². The molecular formula is C9H7ClN2O2. The number of halogens is 1. The molecule has 0 aliphatic rings. The van der Waals surface area contributed by atoms with E-state index in [1.54, 1.807) is 6.92 Å². The van der Waals surface area contributed by atoms with Gasteiger partial charge in [-0.25, -0.2) is 0 Å². The number of benzene rings is 1. The molecule has 4 nitrogen and oxygen atoms in total. The highest BCUT2D eigenvalue weighted by Gasteiger charge is 2.18. The predicted octanol–water partition coefficient (Wildman–Crippen LogP) is 2.68. The van der Waals surface area contributed by atoms with Gasteiger partial charge < -0.3 is 0 Å². The lowest BCUT2D eigenvalue weighted by Crippen LogP contribution is -1.97. The van der Waals surface area contributed by atoms with Crippen LogP contribution in [-0.4, -0.2) is 4.92 Å². The molecule has 0 aliphatic heterocycles. The molecule has 0 saturated carbocycles. The summed E-state index contributed by atoms with van der Waals surface area (Å²) < 4.78 is 0. The smallest absolute Gasteiger partial charge is 0.258 e. The number of nitrogens with zero attached hydrogens (tertiary/aromatic N) is 2. The van der Waals surface area contributed by atoms with E-state index in [9.17, 15) is 10.1 Å². The van der Waals surface area contributed by atoms with Crippen molar-refractivity contribution in [1.29, 1.82) is 5.26 Å². The van der Waals surface area contributed by atoms with Crippen LogP contribution in [0.4, 0.5) is 5.69 Å². The molecular weight excluding hydrogens is 204 g/mol. The SMILES string of the molecule is CCc1c([N+](=O)[O-])ccc(Cl)c1C#N. The fraction of sp³-hybridized carbons (Fsp3) is 0.222. The maximum Gasteiger partial charge on any atom is 0.274 e. The van der Waals surface area contributed by atoms with Gasteiger partial charge in [-0.3, -0.25) is 10.1 Å². The average molecular weight is 211 g/mol. The minimum Gasteiger partial charge on any atom is -0.258 e. The van der Waals surface area contributed by atoms with Gasteiger partial charge in [0.15, 0.2) is 0 Å². The molecule has 72 valence electrons. The first kappa shape index (κ1) is 10.5. The summed E-state index contributed by atoms with van der Waals surface area (Å²) in [6.07, 6.45) is 0.416. The summed E-state index contributed by atoms with van der Waals surface area (Å²) in [5.74, 6) is 0. The highest BCUT2D eigenvalue weighted by Crippen LogP contribution is 2.28. The van der Waals surface area contributed by atoms with Crippen LogP contribution >= 0.6 is 11.6 Å². The van der Waals surface area contributed by atoms with E-state index in [0.29, 0.717) is 12.0 Å². The van der Waals surface area contributed by atoms with Gasteiger partial charge in [0.05, 0.1) is 15.5 Å². The summed E-state index contributed by atoms with van der Waals surface area (Å²) >= 11 is 5.74. The number of nitro benzene ring substituents is 1. The van der Waals surface area contributed by atoms with Gasteiger partial charge in [0.2, 0.25) is 0 Å². The first-order valence-corrected chi connectivity index (χ1v) is 4.35. The predicted molar refractivity (Wildman–Crippen MR) is 52.2 cm³/mol. The molecule has 0 unspecified atom stereocenters. The second-order valence-electron chi connectivity index (χ2n) is 2.64. The van der Waals surface area contributed by atoms with Crippen molar-refractivity contribution in [3.8, 4) is 6.07 Å². The zero-order chi connectivity index (χ0) is 10.7. The molecule has 0 radical (unpaired) electrons. The molecule has 0 amide bonds. The monoisotopic (exact) mass is 210 g/mol. The van der Waals surface area contributed by atoms with Gasteiger partial charge in [-0.15, -0.1) is 0 Å². The van der Waals surface area contributed by atoms with Crippen molar-refractivity contribution in [2.24, 2.45) is 0 Å². The fourth-order valence-corrected chi connectivity index (χ4v) is 1.48. The normalized spacial score (nSPS) is 9.50. The van der Waals surface area contributed by atoms with Crippen LogP contribution in [0.1, 0.15) is 18.1 Å². The van der Waals surface area contributed by atoms with Gasteiger partial charge >= 0.3 is 0 Å². The van der Waals surface area contributed by atoms with Crippen LogP contribution in [0.2, 0.25) is 5.02 Å². The Labute approximate surface area is 85.9 Å². The zero-order valence-corrected chi connectivity index (χ0v) is 8.21. The number of hydrogen-bond acceptors (Lipinski definition) is 3. The van der Waals surface area contributed by atoms with E-state index in [1.807, 2.05) is 6.07 Å². The first-order chi connectivity index (χ1) is 6.61. The third kappa shape index (κ3) is 1.68. The summed E-state index contributed by atoms with van der Waals surface area (Å²) in [6.45, 7) is 1.75. The van der Waals surface area contributed by atoms with Crippen molar-refractivity contribution in [2.75, 3.05) is 0 Å². The highest BCUT2D eigenvalue weighted by atomic mass is 35.5. The van der Waals surface area contributed by atoms with Crippen LogP contribution in [-0.2, 0) is 6.42 Å². The molecule has 0 saturated heterocycles. The molecule has 0 fully saturated rings. The molecule has 0 heterocycles. The van der Waals surface area contributed by atoms with E-state index in [4.69, 9.17) is 16.9 Å². The number of nitro groups is 1. The lowest BCUT2D eigenvalue weighted by molar-refractivity contribution is -0.385. The molecule has 0 N–H and O–H groups in total. The van der Waals surface area contributed by atoms with E-state index in [-0.39, 0.29) is 16.3 Å². The molecule has 1 aromatic carbocycles. The Morgan fingerprint density at radius 2 is 2.29 bits per heavy atom. The van der Waals surface area contributed by atoms with E-state index < -0.39 is 4.92 Å². The van der Waals surface area contributed by atoms with E-state index >= 15 is 0 Å². The fourth-order valence-electron chi connectivity index (χ4n) is 1.26. The maximum atomic E-state index is 10.6. The Bertz CT molecular complexity index is 424. The topological polar surface area (TPSA) is 66.9 Å². The Morgan fingerprint density at radius 3 is 2.71 bits per heavy atom. The molecule has 0 spiro atoms. The van der Waals surface area contributed by atoms with Crippen molar-refractivity contribution in [2.45, 2.75) is 13.3 Å². The number of nitriles is 1.